The lowest BCUT2D eigenvalue weighted by Gasteiger charge is -2.08. The Bertz CT molecular complexity index is 342. The number of hydrogen-bond acceptors (Lipinski definition) is 2. The van der Waals surface area contributed by atoms with E-state index in [2.05, 4.69) is 37.2 Å². The van der Waals surface area contributed by atoms with Crippen LogP contribution in [0.2, 0.25) is 0 Å². The first-order chi connectivity index (χ1) is 6.63. The molecule has 0 heterocycles. The van der Waals surface area contributed by atoms with E-state index in [1.165, 1.54) is 0 Å². The van der Waals surface area contributed by atoms with Gasteiger partial charge < -0.3 is 10.1 Å². The van der Waals surface area contributed by atoms with Crippen LogP contribution in [0, 0.1) is 0 Å². The van der Waals surface area contributed by atoms with E-state index < -0.39 is 0 Å². The highest BCUT2D eigenvalue weighted by molar-refractivity contribution is 9.18. The molecule has 0 aliphatic heterocycles. The van der Waals surface area contributed by atoms with Crippen molar-refractivity contribution in [2.24, 2.45) is 0 Å². The van der Waals surface area contributed by atoms with Crippen molar-refractivity contribution in [3.63, 3.8) is 0 Å². The van der Waals surface area contributed by atoms with Gasteiger partial charge in [0.15, 0.2) is 0 Å². The summed E-state index contributed by atoms with van der Waals surface area (Å²) in [5.74, 6) is 0.759. The van der Waals surface area contributed by atoms with Gasteiger partial charge in [-0.15, -0.1) is 0 Å². The van der Waals surface area contributed by atoms with Gasteiger partial charge in [0, 0.05) is 32.5 Å². The van der Waals surface area contributed by atoms with E-state index in [4.69, 9.17) is 4.74 Å². The molecule has 0 aliphatic rings. The quantitative estimate of drug-likeness (QED) is 0.686. The molecule has 3 nitrogen and oxygen atoms in total. The standard InChI is InChI=1S/C9H9Br2NO2/c1-14-8-3-2-7(10)4-6(8)5-12-9(11)13/h2-4H,5H2,1H3,(H,12,13). The number of rotatable bonds is 3. The summed E-state index contributed by atoms with van der Waals surface area (Å²) in [6.07, 6.45) is 0. The number of halogens is 2. The Balaban J connectivity index is 2.82. The van der Waals surface area contributed by atoms with E-state index >= 15 is 0 Å². The number of hydrogen-bond donors (Lipinski definition) is 1. The molecule has 0 saturated heterocycles. The lowest BCUT2D eigenvalue weighted by atomic mass is 10.2. The Hall–Kier alpha value is -0.550. The molecule has 76 valence electrons. The second-order valence-corrected chi connectivity index (χ2v) is 4.22. The summed E-state index contributed by atoms with van der Waals surface area (Å²) >= 11 is 6.15. The Morgan fingerprint density at radius 2 is 2.29 bits per heavy atom. The monoisotopic (exact) mass is 321 g/mol. The maximum atomic E-state index is 10.7. The number of carbonyl (C=O) groups excluding carboxylic acids is 1. The summed E-state index contributed by atoms with van der Waals surface area (Å²) in [6, 6.07) is 5.64. The molecule has 0 aromatic heterocycles. The van der Waals surface area contributed by atoms with Crippen LogP contribution in [0.15, 0.2) is 22.7 Å². The lowest BCUT2D eigenvalue weighted by molar-refractivity contribution is 0.261. The van der Waals surface area contributed by atoms with Gasteiger partial charge in [-0.25, -0.2) is 0 Å². The Morgan fingerprint density at radius 1 is 1.57 bits per heavy atom. The fourth-order valence-corrected chi connectivity index (χ4v) is 1.60. The zero-order valence-electron chi connectivity index (χ0n) is 7.51. The van der Waals surface area contributed by atoms with E-state index in [-0.39, 0.29) is 4.82 Å². The van der Waals surface area contributed by atoms with Gasteiger partial charge in [0.25, 0.3) is 4.82 Å². The number of methoxy groups -OCH3 is 1. The van der Waals surface area contributed by atoms with E-state index in [9.17, 15) is 4.79 Å². The van der Waals surface area contributed by atoms with Gasteiger partial charge in [-0.05, 0) is 18.2 Å². The molecule has 0 spiro atoms. The zero-order chi connectivity index (χ0) is 10.6. The molecule has 0 fully saturated rings. The van der Waals surface area contributed by atoms with Crippen molar-refractivity contribution in [3.8, 4) is 5.75 Å². The highest BCUT2D eigenvalue weighted by Crippen LogP contribution is 2.22. The summed E-state index contributed by atoms with van der Waals surface area (Å²) in [4.78, 5) is 10.4. The molecule has 1 amide bonds. The predicted molar refractivity (Wildman–Crippen MR) is 61.9 cm³/mol. The highest BCUT2D eigenvalue weighted by atomic mass is 79.9. The van der Waals surface area contributed by atoms with Crippen LogP contribution >= 0.6 is 31.9 Å². The van der Waals surface area contributed by atoms with Crippen LogP contribution in [-0.4, -0.2) is 11.9 Å². The number of nitrogens with one attached hydrogen (secondary N) is 1. The largest absolute Gasteiger partial charge is 0.496 e. The third kappa shape index (κ3) is 3.31. The van der Waals surface area contributed by atoms with Gasteiger partial charge in [-0.2, -0.15) is 0 Å². The first-order valence-corrected chi connectivity index (χ1v) is 5.48. The molecule has 0 radical (unpaired) electrons. The Kier molecular flexibility index (Phi) is 4.41. The predicted octanol–water partition coefficient (Wildman–Crippen LogP) is 3.06. The smallest absolute Gasteiger partial charge is 0.287 e. The van der Waals surface area contributed by atoms with Gasteiger partial charge in [0.2, 0.25) is 0 Å². The Labute approximate surface area is 99.1 Å². The summed E-state index contributed by atoms with van der Waals surface area (Å²) in [6.45, 7) is 0.437. The molecule has 0 aliphatic carbocycles. The average molecular weight is 323 g/mol. The van der Waals surface area contributed by atoms with E-state index in [1.54, 1.807) is 7.11 Å². The molecule has 1 rings (SSSR count). The maximum Gasteiger partial charge on any atom is 0.287 e. The molecular weight excluding hydrogens is 314 g/mol. The average Bonchev–Trinajstić information content (AvgIpc) is 2.15. The number of benzene rings is 1. The molecule has 14 heavy (non-hydrogen) atoms. The van der Waals surface area contributed by atoms with Crippen LogP contribution in [0.25, 0.3) is 0 Å². The van der Waals surface area contributed by atoms with Crippen molar-refractivity contribution in [2.75, 3.05) is 7.11 Å². The molecule has 0 saturated carbocycles. The molecular formula is C9H9Br2NO2. The third-order valence-corrected chi connectivity index (χ3v) is 2.43. The van der Waals surface area contributed by atoms with E-state index in [0.29, 0.717) is 6.54 Å². The summed E-state index contributed by atoms with van der Waals surface area (Å²) in [5.41, 5.74) is 0.926. The van der Waals surface area contributed by atoms with Crippen molar-refractivity contribution < 1.29 is 9.53 Å². The van der Waals surface area contributed by atoms with Crippen molar-refractivity contribution in [2.45, 2.75) is 6.54 Å². The van der Waals surface area contributed by atoms with Gasteiger partial charge in [-0.3, -0.25) is 4.79 Å². The SMILES string of the molecule is COc1ccc(Br)cc1CNC(=O)Br. The van der Waals surface area contributed by atoms with Crippen LogP contribution in [-0.2, 0) is 6.54 Å². The summed E-state index contributed by atoms with van der Waals surface area (Å²) in [5, 5.41) is 2.64. The zero-order valence-corrected chi connectivity index (χ0v) is 10.7. The molecule has 1 N–H and O–H groups in total. The minimum atomic E-state index is -0.237. The van der Waals surface area contributed by atoms with Gasteiger partial charge >= 0.3 is 0 Å². The van der Waals surface area contributed by atoms with Crippen LogP contribution in [0.1, 0.15) is 5.56 Å². The highest BCUT2D eigenvalue weighted by Gasteiger charge is 2.04. The van der Waals surface area contributed by atoms with Gasteiger partial charge in [-0.1, -0.05) is 15.9 Å². The normalized spacial score (nSPS) is 9.64. The van der Waals surface area contributed by atoms with Gasteiger partial charge in [0.1, 0.15) is 5.75 Å². The lowest BCUT2D eigenvalue weighted by Crippen LogP contribution is -2.15. The van der Waals surface area contributed by atoms with Crippen molar-refractivity contribution >= 4 is 36.7 Å². The molecule has 5 heteroatoms. The first kappa shape index (κ1) is 11.5. The molecule has 0 bridgehead atoms. The van der Waals surface area contributed by atoms with Crippen LogP contribution in [0.4, 0.5) is 4.79 Å². The second kappa shape index (κ2) is 5.36. The second-order valence-electron chi connectivity index (χ2n) is 2.58. The van der Waals surface area contributed by atoms with Gasteiger partial charge in [0.05, 0.1) is 7.11 Å². The first-order valence-electron chi connectivity index (χ1n) is 3.89. The van der Waals surface area contributed by atoms with Crippen molar-refractivity contribution in [3.05, 3.63) is 28.2 Å². The maximum absolute atomic E-state index is 10.7. The number of amides is 1. The molecule has 0 atom stereocenters. The Morgan fingerprint density at radius 3 is 2.86 bits per heavy atom. The molecule has 1 aromatic rings. The molecule has 1 aromatic carbocycles. The third-order valence-electron chi connectivity index (χ3n) is 1.66. The van der Waals surface area contributed by atoms with Crippen LogP contribution in [0.5, 0.6) is 5.75 Å². The van der Waals surface area contributed by atoms with Crippen molar-refractivity contribution in [1.29, 1.82) is 0 Å². The molecule has 0 unspecified atom stereocenters. The van der Waals surface area contributed by atoms with Crippen molar-refractivity contribution in [1.82, 2.24) is 5.32 Å². The topological polar surface area (TPSA) is 38.3 Å². The number of ether oxygens (including phenoxy) is 1. The minimum Gasteiger partial charge on any atom is -0.496 e. The minimum absolute atomic E-state index is 0.237. The fraction of sp³-hybridized carbons (Fsp3) is 0.222. The van der Waals surface area contributed by atoms with E-state index in [1.807, 2.05) is 18.2 Å². The fourth-order valence-electron chi connectivity index (χ4n) is 1.05. The summed E-state index contributed by atoms with van der Waals surface area (Å²) < 4.78 is 6.10. The number of carbonyl (C=O) groups is 1. The van der Waals surface area contributed by atoms with E-state index in [0.717, 1.165) is 15.8 Å². The van der Waals surface area contributed by atoms with Crippen LogP contribution < -0.4 is 10.1 Å². The summed E-state index contributed by atoms with van der Waals surface area (Å²) in [7, 11) is 1.60. The van der Waals surface area contributed by atoms with Crippen LogP contribution in [0.3, 0.4) is 0 Å².